The molecule has 0 unspecified atom stereocenters. The number of hydrogen-bond acceptors (Lipinski definition) is 7. The highest BCUT2D eigenvalue weighted by Crippen LogP contribution is 2.21. The summed E-state index contributed by atoms with van der Waals surface area (Å²) in [5, 5.41) is 5.97. The van der Waals surface area contributed by atoms with Gasteiger partial charge >= 0.3 is 0 Å². The van der Waals surface area contributed by atoms with Gasteiger partial charge in [0.2, 0.25) is 0 Å². The number of anilines is 3. The van der Waals surface area contributed by atoms with Gasteiger partial charge in [0.25, 0.3) is 11.8 Å². The fourth-order valence-electron chi connectivity index (χ4n) is 3.65. The van der Waals surface area contributed by atoms with Crippen LogP contribution in [0.25, 0.3) is 0 Å². The van der Waals surface area contributed by atoms with E-state index < -0.39 is 11.8 Å². The summed E-state index contributed by atoms with van der Waals surface area (Å²) in [6.45, 7) is 5.63. The Bertz CT molecular complexity index is 1170. The number of aryl methyl sites for hydroxylation is 1. The Morgan fingerprint density at radius 3 is 2.50 bits per heavy atom. The number of likely N-dealkylation sites (N-methyl/N-ethyl adjacent to an activating group) is 1. The molecule has 0 atom stereocenters. The van der Waals surface area contributed by atoms with E-state index in [-0.39, 0.29) is 5.69 Å². The van der Waals surface area contributed by atoms with E-state index in [0.29, 0.717) is 22.1 Å². The Balaban J connectivity index is 1.47. The fraction of sp³-hybridized carbons (Fsp3) is 0.292. The highest BCUT2D eigenvalue weighted by atomic mass is 35.5. The Morgan fingerprint density at radius 2 is 1.76 bits per heavy atom. The maximum atomic E-state index is 12.9. The van der Waals surface area contributed by atoms with Crippen LogP contribution in [0.4, 0.5) is 17.3 Å². The Kier molecular flexibility index (Phi) is 7.34. The lowest BCUT2D eigenvalue weighted by atomic mass is 10.1. The Morgan fingerprint density at radius 1 is 0.912 bits per heavy atom. The number of carbonyl (C=O) groups is 2. The van der Waals surface area contributed by atoms with Gasteiger partial charge in [0.1, 0.15) is 17.3 Å². The highest BCUT2D eigenvalue weighted by molar-refractivity contribution is 6.30. The van der Waals surface area contributed by atoms with Crippen LogP contribution in [-0.4, -0.2) is 64.9 Å². The van der Waals surface area contributed by atoms with Crippen molar-refractivity contribution in [3.05, 3.63) is 70.8 Å². The molecule has 0 saturated carbocycles. The molecule has 3 heterocycles. The van der Waals surface area contributed by atoms with Crippen molar-refractivity contribution in [3.63, 3.8) is 0 Å². The summed E-state index contributed by atoms with van der Waals surface area (Å²) in [7, 11) is 2.11. The van der Waals surface area contributed by atoms with Gasteiger partial charge in [-0.05, 0) is 51.2 Å². The van der Waals surface area contributed by atoms with E-state index in [0.717, 1.165) is 44.0 Å². The van der Waals surface area contributed by atoms with Gasteiger partial charge in [0.05, 0.1) is 28.7 Å². The van der Waals surface area contributed by atoms with Gasteiger partial charge in [-0.3, -0.25) is 9.59 Å². The lowest BCUT2D eigenvalue weighted by molar-refractivity contribution is 0.102. The molecule has 1 fully saturated rings. The van der Waals surface area contributed by atoms with Crippen LogP contribution in [-0.2, 0) is 0 Å². The fourth-order valence-corrected chi connectivity index (χ4v) is 3.76. The number of aromatic nitrogens is 3. The van der Waals surface area contributed by atoms with Crippen LogP contribution in [0.1, 0.15) is 32.8 Å². The van der Waals surface area contributed by atoms with E-state index in [1.165, 1.54) is 12.4 Å². The van der Waals surface area contributed by atoms with E-state index in [9.17, 15) is 9.59 Å². The number of carbonyl (C=O) groups excluding carboxylic acids is 2. The van der Waals surface area contributed by atoms with Crippen LogP contribution in [0.2, 0.25) is 5.02 Å². The monoisotopic (exact) mass is 479 g/mol. The number of rotatable bonds is 5. The molecule has 1 aromatic carbocycles. The van der Waals surface area contributed by atoms with Crippen LogP contribution < -0.4 is 15.5 Å². The third kappa shape index (κ3) is 5.86. The summed E-state index contributed by atoms with van der Waals surface area (Å²) >= 11 is 5.86. The van der Waals surface area contributed by atoms with Crippen LogP contribution in [0.5, 0.6) is 0 Å². The summed E-state index contributed by atoms with van der Waals surface area (Å²) in [5.41, 5.74) is 1.72. The molecular formula is C24H26ClN7O2. The molecular weight excluding hydrogens is 454 g/mol. The average molecular weight is 480 g/mol. The average Bonchev–Trinajstić information content (AvgIpc) is 3.06. The summed E-state index contributed by atoms with van der Waals surface area (Å²) in [4.78, 5) is 43.1. The van der Waals surface area contributed by atoms with Crippen molar-refractivity contribution >= 4 is 40.7 Å². The first kappa shape index (κ1) is 23.6. The normalized spacial score (nSPS) is 14.4. The number of halogens is 1. The molecule has 1 aliphatic heterocycles. The predicted molar refractivity (Wildman–Crippen MR) is 133 cm³/mol. The van der Waals surface area contributed by atoms with Gasteiger partial charge < -0.3 is 20.4 Å². The molecule has 2 amide bonds. The van der Waals surface area contributed by atoms with Crippen molar-refractivity contribution in [3.8, 4) is 0 Å². The standard InChI is InChI=1S/C24H26ClN7O2/c1-16-4-6-19(18(12-16)23(33)30-21-7-5-17(25)13-27-21)29-24(34)20-14-28-22(15-26-20)32-9-3-8-31(2)10-11-32/h4-7,12-15H,3,8-11H2,1-2H3,(H,29,34)(H,27,30,33). The molecule has 9 nitrogen and oxygen atoms in total. The van der Waals surface area contributed by atoms with Crippen LogP contribution in [0, 0.1) is 6.92 Å². The summed E-state index contributed by atoms with van der Waals surface area (Å²) in [5.74, 6) is 0.255. The van der Waals surface area contributed by atoms with E-state index in [1.54, 1.807) is 30.5 Å². The van der Waals surface area contributed by atoms with E-state index in [1.807, 2.05) is 13.0 Å². The van der Waals surface area contributed by atoms with Crippen molar-refractivity contribution in [1.29, 1.82) is 0 Å². The molecule has 1 saturated heterocycles. The quantitative estimate of drug-likeness (QED) is 0.577. The molecule has 0 bridgehead atoms. The summed E-state index contributed by atoms with van der Waals surface area (Å²) < 4.78 is 0. The minimum absolute atomic E-state index is 0.169. The van der Waals surface area contributed by atoms with Crippen molar-refractivity contribution in [2.24, 2.45) is 0 Å². The zero-order chi connectivity index (χ0) is 24.1. The first-order valence-electron chi connectivity index (χ1n) is 11.0. The molecule has 2 aromatic heterocycles. The van der Waals surface area contributed by atoms with E-state index >= 15 is 0 Å². The van der Waals surface area contributed by atoms with Crippen molar-refractivity contribution in [1.82, 2.24) is 19.9 Å². The smallest absolute Gasteiger partial charge is 0.275 e. The van der Waals surface area contributed by atoms with Crippen molar-refractivity contribution < 1.29 is 9.59 Å². The topological polar surface area (TPSA) is 103 Å². The second-order valence-electron chi connectivity index (χ2n) is 8.22. The van der Waals surface area contributed by atoms with Crippen LogP contribution in [0.3, 0.4) is 0 Å². The van der Waals surface area contributed by atoms with Gasteiger partial charge in [-0.2, -0.15) is 0 Å². The molecule has 10 heteroatoms. The number of nitrogens with zero attached hydrogens (tertiary/aromatic N) is 5. The number of hydrogen-bond donors (Lipinski definition) is 2. The molecule has 34 heavy (non-hydrogen) atoms. The Hall–Kier alpha value is -3.56. The highest BCUT2D eigenvalue weighted by Gasteiger charge is 2.18. The van der Waals surface area contributed by atoms with E-state index in [2.05, 4.69) is 42.4 Å². The zero-order valence-electron chi connectivity index (χ0n) is 19.1. The second-order valence-corrected chi connectivity index (χ2v) is 8.66. The number of pyridine rings is 1. The molecule has 0 aliphatic carbocycles. The molecule has 4 rings (SSSR count). The Labute approximate surface area is 203 Å². The second kappa shape index (κ2) is 10.6. The van der Waals surface area contributed by atoms with Gasteiger partial charge in [0, 0.05) is 25.8 Å². The predicted octanol–water partition coefficient (Wildman–Crippen LogP) is 3.48. The molecule has 1 aliphatic rings. The van der Waals surface area contributed by atoms with E-state index in [4.69, 9.17) is 11.6 Å². The third-order valence-corrected chi connectivity index (χ3v) is 5.77. The van der Waals surface area contributed by atoms with Gasteiger partial charge in [-0.15, -0.1) is 0 Å². The molecule has 0 spiro atoms. The summed E-state index contributed by atoms with van der Waals surface area (Å²) in [6, 6.07) is 8.44. The van der Waals surface area contributed by atoms with Gasteiger partial charge in [0.15, 0.2) is 0 Å². The lowest BCUT2D eigenvalue weighted by Crippen LogP contribution is -2.29. The van der Waals surface area contributed by atoms with Gasteiger partial charge in [-0.25, -0.2) is 15.0 Å². The number of nitrogens with one attached hydrogen (secondary N) is 2. The minimum atomic E-state index is -0.447. The maximum absolute atomic E-state index is 12.9. The summed E-state index contributed by atoms with van der Waals surface area (Å²) in [6.07, 6.45) is 5.58. The minimum Gasteiger partial charge on any atom is -0.354 e. The van der Waals surface area contributed by atoms with Crippen LogP contribution >= 0.6 is 11.6 Å². The molecule has 2 N–H and O–H groups in total. The van der Waals surface area contributed by atoms with Gasteiger partial charge in [-0.1, -0.05) is 23.2 Å². The zero-order valence-corrected chi connectivity index (χ0v) is 19.8. The largest absolute Gasteiger partial charge is 0.354 e. The molecule has 176 valence electrons. The first-order valence-corrected chi connectivity index (χ1v) is 11.4. The number of amides is 2. The van der Waals surface area contributed by atoms with Crippen molar-refractivity contribution in [2.75, 3.05) is 48.8 Å². The van der Waals surface area contributed by atoms with Crippen molar-refractivity contribution in [2.45, 2.75) is 13.3 Å². The van der Waals surface area contributed by atoms with Crippen LogP contribution in [0.15, 0.2) is 48.9 Å². The number of benzene rings is 1. The molecule has 0 radical (unpaired) electrons. The SMILES string of the molecule is Cc1ccc(NC(=O)c2cnc(N3CCCN(C)CC3)cn2)c(C(=O)Nc2ccc(Cl)cn2)c1. The third-order valence-electron chi connectivity index (χ3n) is 5.55. The lowest BCUT2D eigenvalue weighted by Gasteiger charge is -2.21. The maximum Gasteiger partial charge on any atom is 0.275 e. The first-order chi connectivity index (χ1) is 16.4. The molecule has 3 aromatic rings.